The number of thiazole rings is 1. The zero-order chi connectivity index (χ0) is 12.1. The van der Waals surface area contributed by atoms with Crippen molar-refractivity contribution in [3.8, 4) is 0 Å². The first-order valence-corrected chi connectivity index (χ1v) is 6.70. The molecule has 1 aromatic carbocycles. The minimum absolute atomic E-state index is 0.647. The maximum absolute atomic E-state index is 5.50. The second-order valence-electron chi connectivity index (χ2n) is 3.86. The highest BCUT2D eigenvalue weighted by molar-refractivity contribution is 7.13. The topological polar surface area (TPSA) is 50.9 Å². The fourth-order valence-electron chi connectivity index (χ4n) is 1.57. The van der Waals surface area contributed by atoms with Gasteiger partial charge in [-0.3, -0.25) is 0 Å². The van der Waals surface area contributed by atoms with E-state index in [1.807, 2.05) is 0 Å². The summed E-state index contributed by atoms with van der Waals surface area (Å²) in [6.07, 6.45) is 1.91. The highest BCUT2D eigenvalue weighted by Gasteiger charge is 2.01. The first-order valence-electron chi connectivity index (χ1n) is 5.82. The van der Waals surface area contributed by atoms with Crippen molar-refractivity contribution in [2.45, 2.75) is 19.8 Å². The van der Waals surface area contributed by atoms with Crippen molar-refractivity contribution in [3.63, 3.8) is 0 Å². The number of nitrogens with two attached hydrogens (primary N) is 1. The molecule has 2 rings (SSSR count). The summed E-state index contributed by atoms with van der Waals surface area (Å²) >= 11 is 1.62. The van der Waals surface area contributed by atoms with E-state index >= 15 is 0 Å². The van der Waals surface area contributed by atoms with Crippen molar-refractivity contribution in [3.05, 3.63) is 40.9 Å². The summed E-state index contributed by atoms with van der Waals surface area (Å²) in [5, 5.41) is 6.28. The first kappa shape index (κ1) is 12.1. The van der Waals surface area contributed by atoms with Gasteiger partial charge in [-0.05, 0) is 30.7 Å². The molecular formula is C13H17N3S. The highest BCUT2D eigenvalue weighted by atomic mass is 32.1. The highest BCUT2D eigenvalue weighted by Crippen LogP contribution is 2.21. The molecule has 0 amide bonds. The van der Waals surface area contributed by atoms with Crippen LogP contribution in [-0.4, -0.2) is 11.5 Å². The van der Waals surface area contributed by atoms with E-state index in [2.05, 4.69) is 46.9 Å². The molecule has 0 atom stereocenters. The molecule has 0 unspecified atom stereocenters. The number of nitrogens with zero attached hydrogens (tertiary/aromatic N) is 1. The SMILES string of the molecule is CCc1ccc(Nc2nc(CCN)cs2)cc1. The molecule has 90 valence electrons. The lowest BCUT2D eigenvalue weighted by Gasteiger charge is -2.03. The Bertz CT molecular complexity index is 462. The number of aromatic nitrogens is 1. The van der Waals surface area contributed by atoms with Crippen LogP contribution in [0.15, 0.2) is 29.6 Å². The van der Waals surface area contributed by atoms with E-state index in [1.165, 1.54) is 5.56 Å². The molecule has 0 aliphatic carbocycles. The van der Waals surface area contributed by atoms with Crippen molar-refractivity contribution < 1.29 is 0 Å². The minimum Gasteiger partial charge on any atom is -0.332 e. The predicted octanol–water partition coefficient (Wildman–Crippen LogP) is 2.95. The Morgan fingerprint density at radius 3 is 2.71 bits per heavy atom. The quantitative estimate of drug-likeness (QED) is 0.854. The molecule has 3 nitrogen and oxygen atoms in total. The molecule has 0 spiro atoms. The molecule has 4 heteroatoms. The largest absolute Gasteiger partial charge is 0.332 e. The summed E-state index contributed by atoms with van der Waals surface area (Å²) in [5.74, 6) is 0. The van der Waals surface area contributed by atoms with E-state index < -0.39 is 0 Å². The molecule has 0 bridgehead atoms. The lowest BCUT2D eigenvalue weighted by molar-refractivity contribution is 0.936. The summed E-state index contributed by atoms with van der Waals surface area (Å²) in [6.45, 7) is 2.80. The van der Waals surface area contributed by atoms with Crippen LogP contribution in [-0.2, 0) is 12.8 Å². The van der Waals surface area contributed by atoms with Gasteiger partial charge in [-0.1, -0.05) is 19.1 Å². The molecule has 0 saturated carbocycles. The normalized spacial score (nSPS) is 10.5. The maximum atomic E-state index is 5.50. The molecule has 0 aliphatic rings. The molecule has 17 heavy (non-hydrogen) atoms. The average Bonchev–Trinajstić information content (AvgIpc) is 2.78. The van der Waals surface area contributed by atoms with Gasteiger partial charge in [-0.15, -0.1) is 11.3 Å². The molecule has 0 fully saturated rings. The third-order valence-electron chi connectivity index (χ3n) is 2.57. The smallest absolute Gasteiger partial charge is 0.187 e. The maximum Gasteiger partial charge on any atom is 0.187 e. The van der Waals surface area contributed by atoms with E-state index in [9.17, 15) is 0 Å². The number of benzene rings is 1. The third kappa shape index (κ3) is 3.28. The van der Waals surface area contributed by atoms with Crippen LogP contribution < -0.4 is 11.1 Å². The Kier molecular flexibility index (Phi) is 4.12. The van der Waals surface area contributed by atoms with E-state index in [1.54, 1.807) is 11.3 Å². The summed E-state index contributed by atoms with van der Waals surface area (Å²) in [4.78, 5) is 4.47. The van der Waals surface area contributed by atoms with Crippen molar-refractivity contribution in [1.82, 2.24) is 4.98 Å². The summed E-state index contributed by atoms with van der Waals surface area (Å²) in [6, 6.07) is 8.44. The number of hydrogen-bond acceptors (Lipinski definition) is 4. The van der Waals surface area contributed by atoms with Gasteiger partial charge in [0, 0.05) is 17.5 Å². The van der Waals surface area contributed by atoms with Crippen molar-refractivity contribution in [2.75, 3.05) is 11.9 Å². The van der Waals surface area contributed by atoms with Crippen molar-refractivity contribution in [2.24, 2.45) is 5.73 Å². The Labute approximate surface area is 106 Å². The van der Waals surface area contributed by atoms with E-state index in [0.717, 1.165) is 29.4 Å². The van der Waals surface area contributed by atoms with Crippen LogP contribution >= 0.6 is 11.3 Å². The minimum atomic E-state index is 0.647. The van der Waals surface area contributed by atoms with Gasteiger partial charge in [0.15, 0.2) is 5.13 Å². The Balaban J connectivity index is 2.03. The van der Waals surface area contributed by atoms with Gasteiger partial charge in [0.25, 0.3) is 0 Å². The molecule has 0 saturated heterocycles. The fourth-order valence-corrected chi connectivity index (χ4v) is 2.34. The molecule has 0 radical (unpaired) electrons. The van der Waals surface area contributed by atoms with Crippen LogP contribution in [0, 0.1) is 0 Å². The van der Waals surface area contributed by atoms with Crippen LogP contribution in [0.2, 0.25) is 0 Å². The molecular weight excluding hydrogens is 230 g/mol. The van der Waals surface area contributed by atoms with Crippen LogP contribution in [0.1, 0.15) is 18.2 Å². The lowest BCUT2D eigenvalue weighted by atomic mass is 10.1. The number of rotatable bonds is 5. The number of nitrogens with one attached hydrogen (secondary N) is 1. The molecule has 1 heterocycles. The Morgan fingerprint density at radius 1 is 1.29 bits per heavy atom. The first-order chi connectivity index (χ1) is 8.31. The van der Waals surface area contributed by atoms with Crippen LogP contribution in [0.25, 0.3) is 0 Å². The summed E-state index contributed by atoms with van der Waals surface area (Å²) in [5.41, 5.74) is 8.98. The second-order valence-corrected chi connectivity index (χ2v) is 4.72. The second kappa shape index (κ2) is 5.80. The van der Waals surface area contributed by atoms with Gasteiger partial charge < -0.3 is 11.1 Å². The lowest BCUT2D eigenvalue weighted by Crippen LogP contribution is -2.02. The molecule has 2 aromatic rings. The van der Waals surface area contributed by atoms with Gasteiger partial charge >= 0.3 is 0 Å². The Morgan fingerprint density at radius 2 is 2.06 bits per heavy atom. The van der Waals surface area contributed by atoms with Crippen molar-refractivity contribution >= 4 is 22.2 Å². The summed E-state index contributed by atoms with van der Waals surface area (Å²) in [7, 11) is 0. The van der Waals surface area contributed by atoms with E-state index in [4.69, 9.17) is 5.73 Å². The van der Waals surface area contributed by atoms with Crippen LogP contribution in [0.4, 0.5) is 10.8 Å². The van der Waals surface area contributed by atoms with Gasteiger partial charge in [-0.25, -0.2) is 4.98 Å². The van der Waals surface area contributed by atoms with E-state index in [0.29, 0.717) is 6.54 Å². The van der Waals surface area contributed by atoms with Crippen LogP contribution in [0.5, 0.6) is 0 Å². The average molecular weight is 247 g/mol. The Hall–Kier alpha value is -1.39. The predicted molar refractivity (Wildman–Crippen MR) is 74.0 cm³/mol. The number of hydrogen-bond donors (Lipinski definition) is 2. The van der Waals surface area contributed by atoms with E-state index in [-0.39, 0.29) is 0 Å². The molecule has 1 aromatic heterocycles. The van der Waals surface area contributed by atoms with Crippen LogP contribution in [0.3, 0.4) is 0 Å². The van der Waals surface area contributed by atoms with Gasteiger partial charge in [0.2, 0.25) is 0 Å². The zero-order valence-electron chi connectivity index (χ0n) is 9.94. The van der Waals surface area contributed by atoms with Gasteiger partial charge in [0.05, 0.1) is 5.69 Å². The van der Waals surface area contributed by atoms with Gasteiger partial charge in [0.1, 0.15) is 0 Å². The molecule has 3 N–H and O–H groups in total. The number of anilines is 2. The standard InChI is InChI=1S/C13H17N3S/c1-2-10-3-5-11(6-4-10)15-13-16-12(7-8-14)9-17-13/h3-6,9H,2,7-8,14H2,1H3,(H,15,16). The molecule has 0 aliphatic heterocycles. The third-order valence-corrected chi connectivity index (χ3v) is 3.37. The summed E-state index contributed by atoms with van der Waals surface area (Å²) < 4.78 is 0. The monoisotopic (exact) mass is 247 g/mol. The fraction of sp³-hybridized carbons (Fsp3) is 0.308. The van der Waals surface area contributed by atoms with Crippen molar-refractivity contribution in [1.29, 1.82) is 0 Å². The number of aryl methyl sites for hydroxylation is 1. The zero-order valence-corrected chi connectivity index (χ0v) is 10.8. The van der Waals surface area contributed by atoms with Gasteiger partial charge in [-0.2, -0.15) is 0 Å².